The summed E-state index contributed by atoms with van der Waals surface area (Å²) in [7, 11) is 2.02. The number of halogens is 2. The lowest BCUT2D eigenvalue weighted by Crippen LogP contribution is -2.24. The average molecular weight is 460 g/mol. The van der Waals surface area contributed by atoms with E-state index in [0.717, 1.165) is 12.8 Å². The third-order valence-corrected chi connectivity index (χ3v) is 6.84. The van der Waals surface area contributed by atoms with Gasteiger partial charge < -0.3 is 10.2 Å². The van der Waals surface area contributed by atoms with Crippen LogP contribution in [0.4, 0.5) is 0 Å². The van der Waals surface area contributed by atoms with Crippen LogP contribution in [0.2, 0.25) is 10.0 Å². The molecular weight excluding hydrogens is 437 g/mol. The van der Waals surface area contributed by atoms with E-state index in [1.807, 2.05) is 49.5 Å². The van der Waals surface area contributed by atoms with Crippen molar-refractivity contribution in [2.75, 3.05) is 7.05 Å². The molecule has 0 bridgehead atoms. The van der Waals surface area contributed by atoms with Crippen LogP contribution in [0.15, 0.2) is 66.7 Å². The number of nitrogens with one attached hydrogen (secondary N) is 1. The van der Waals surface area contributed by atoms with Gasteiger partial charge in [-0.05, 0) is 66.4 Å². The minimum absolute atomic E-state index is 0.318. The molecule has 0 fully saturated rings. The van der Waals surface area contributed by atoms with Gasteiger partial charge in [0.1, 0.15) is 0 Å². The molecule has 2 atom stereocenters. The van der Waals surface area contributed by atoms with Crippen LogP contribution >= 0.6 is 35.2 Å². The summed E-state index contributed by atoms with van der Waals surface area (Å²) < 4.78 is 5.31. The minimum Gasteiger partial charge on any atom is -0.325 e. The van der Waals surface area contributed by atoms with Gasteiger partial charge in [0.2, 0.25) is 0 Å². The van der Waals surface area contributed by atoms with Crippen LogP contribution < -0.4 is 10.2 Å². The monoisotopic (exact) mass is 459 g/mol. The standard InChI is InChI=1S/C24H23Cl2NO2S/c1-27-24-12-10-19(17-8-11-22(25)23(26)14-17)20-9-7-16(13-21(20)24)15-30-29-28-18-5-3-2-4-6-18/h2-9,11,13-14,19,24,27H,10,12,15H2,1H3/t19-,24-/m0/s1. The molecule has 0 aliphatic heterocycles. The van der Waals surface area contributed by atoms with Gasteiger partial charge in [-0.3, -0.25) is 0 Å². The van der Waals surface area contributed by atoms with Gasteiger partial charge in [0, 0.05) is 29.8 Å². The van der Waals surface area contributed by atoms with Gasteiger partial charge in [-0.2, -0.15) is 0 Å². The van der Waals surface area contributed by atoms with Crippen molar-refractivity contribution in [2.24, 2.45) is 0 Å². The largest absolute Gasteiger partial charge is 0.325 e. The highest BCUT2D eigenvalue weighted by Gasteiger charge is 2.28. The third-order valence-electron chi connectivity index (χ3n) is 5.49. The normalized spacial score (nSPS) is 18.1. The number of fused-ring (bicyclic) bond motifs is 1. The Hall–Kier alpha value is -1.69. The van der Waals surface area contributed by atoms with Crippen LogP contribution in [0.5, 0.6) is 5.75 Å². The Bertz CT molecular complexity index is 1000. The maximum Gasteiger partial charge on any atom is 0.166 e. The molecule has 30 heavy (non-hydrogen) atoms. The first-order valence-electron chi connectivity index (χ1n) is 9.92. The Labute approximate surface area is 191 Å². The van der Waals surface area contributed by atoms with E-state index in [-0.39, 0.29) is 0 Å². The molecule has 0 unspecified atom stereocenters. The second-order valence-corrected chi connectivity index (χ2v) is 8.81. The van der Waals surface area contributed by atoms with Crippen LogP contribution in [-0.2, 0) is 10.1 Å². The molecule has 156 valence electrons. The molecule has 0 amide bonds. The summed E-state index contributed by atoms with van der Waals surface area (Å²) in [5, 5.41) is 4.66. The fourth-order valence-electron chi connectivity index (χ4n) is 3.98. The molecule has 3 aromatic carbocycles. The van der Waals surface area contributed by atoms with Crippen molar-refractivity contribution in [3.8, 4) is 5.75 Å². The Balaban J connectivity index is 1.49. The summed E-state index contributed by atoms with van der Waals surface area (Å²) in [6.45, 7) is 0. The fraction of sp³-hybridized carbons (Fsp3) is 0.250. The predicted molar refractivity (Wildman–Crippen MR) is 125 cm³/mol. The third kappa shape index (κ3) is 4.96. The van der Waals surface area contributed by atoms with Crippen molar-refractivity contribution >= 4 is 35.2 Å². The lowest BCUT2D eigenvalue weighted by molar-refractivity contribution is -0.0778. The summed E-state index contributed by atoms with van der Waals surface area (Å²) in [6, 6.07) is 22.5. The first-order valence-corrected chi connectivity index (χ1v) is 11.6. The number of para-hydroxylation sites is 1. The molecule has 1 N–H and O–H groups in total. The molecule has 3 nitrogen and oxygen atoms in total. The molecule has 0 radical (unpaired) electrons. The van der Waals surface area contributed by atoms with Crippen molar-refractivity contribution in [3.63, 3.8) is 0 Å². The number of benzene rings is 3. The first-order chi connectivity index (χ1) is 14.7. The molecule has 1 aliphatic carbocycles. The van der Waals surface area contributed by atoms with Crippen LogP contribution in [0.1, 0.15) is 47.1 Å². The van der Waals surface area contributed by atoms with Crippen molar-refractivity contribution in [2.45, 2.75) is 30.6 Å². The Morgan fingerprint density at radius 3 is 2.53 bits per heavy atom. The lowest BCUT2D eigenvalue weighted by atomic mass is 9.76. The highest BCUT2D eigenvalue weighted by Crippen LogP contribution is 2.42. The van der Waals surface area contributed by atoms with Crippen LogP contribution in [0.3, 0.4) is 0 Å². The zero-order valence-corrected chi connectivity index (χ0v) is 18.9. The molecule has 0 spiro atoms. The molecule has 3 aromatic rings. The second-order valence-electron chi connectivity index (χ2n) is 7.33. The zero-order valence-electron chi connectivity index (χ0n) is 16.6. The van der Waals surface area contributed by atoms with Crippen molar-refractivity contribution in [1.29, 1.82) is 0 Å². The summed E-state index contributed by atoms with van der Waals surface area (Å²) in [4.78, 5) is 5.31. The van der Waals surface area contributed by atoms with E-state index < -0.39 is 0 Å². The highest BCUT2D eigenvalue weighted by atomic mass is 35.5. The van der Waals surface area contributed by atoms with Gasteiger partial charge in [0.15, 0.2) is 5.75 Å². The van der Waals surface area contributed by atoms with Gasteiger partial charge in [-0.25, -0.2) is 0 Å². The topological polar surface area (TPSA) is 30.5 Å². The smallest absolute Gasteiger partial charge is 0.166 e. The molecule has 0 saturated heterocycles. The van der Waals surface area contributed by atoms with Crippen molar-refractivity contribution in [1.82, 2.24) is 5.32 Å². The zero-order chi connectivity index (χ0) is 20.9. The SMILES string of the molecule is CN[C@H]1CC[C@@H](c2ccc(Cl)c(Cl)c2)c2ccc(CSOOc3ccccc3)cc21. The summed E-state index contributed by atoms with van der Waals surface area (Å²) in [5.74, 6) is 1.71. The van der Waals surface area contributed by atoms with E-state index in [0.29, 0.717) is 33.5 Å². The summed E-state index contributed by atoms with van der Waals surface area (Å²) in [6.07, 6.45) is 2.14. The number of hydrogen-bond acceptors (Lipinski definition) is 4. The Morgan fingerprint density at radius 2 is 1.77 bits per heavy atom. The van der Waals surface area contributed by atoms with E-state index in [4.69, 9.17) is 32.4 Å². The molecule has 0 aromatic heterocycles. The molecule has 1 aliphatic rings. The van der Waals surface area contributed by atoms with Crippen molar-refractivity contribution < 1.29 is 9.22 Å². The fourth-order valence-corrected chi connectivity index (χ4v) is 4.78. The van der Waals surface area contributed by atoms with Gasteiger partial charge in [-0.1, -0.05) is 65.7 Å². The highest BCUT2D eigenvalue weighted by molar-refractivity contribution is 7.93. The minimum atomic E-state index is 0.318. The molecule has 0 heterocycles. The summed E-state index contributed by atoms with van der Waals surface area (Å²) in [5.41, 5.74) is 5.09. The van der Waals surface area contributed by atoms with E-state index in [9.17, 15) is 0 Å². The van der Waals surface area contributed by atoms with Gasteiger partial charge >= 0.3 is 0 Å². The van der Waals surface area contributed by atoms with Crippen LogP contribution in [0, 0.1) is 0 Å². The van der Waals surface area contributed by atoms with E-state index in [1.54, 1.807) is 0 Å². The molecule has 0 saturated carbocycles. The van der Waals surface area contributed by atoms with Gasteiger partial charge in [-0.15, -0.1) is 4.33 Å². The Kier molecular flexibility index (Phi) is 7.24. The Morgan fingerprint density at radius 1 is 0.933 bits per heavy atom. The van der Waals surface area contributed by atoms with E-state index in [1.165, 1.54) is 34.3 Å². The van der Waals surface area contributed by atoms with Crippen molar-refractivity contribution in [3.05, 3.63) is 99.0 Å². The molecule has 4 rings (SSSR count). The first kappa shape index (κ1) is 21.5. The second kappa shape index (κ2) is 10.1. The number of hydrogen-bond donors (Lipinski definition) is 1. The van der Waals surface area contributed by atoms with E-state index in [2.05, 4.69) is 29.6 Å². The maximum atomic E-state index is 6.28. The average Bonchev–Trinajstić information content (AvgIpc) is 2.78. The van der Waals surface area contributed by atoms with Crippen LogP contribution in [0.25, 0.3) is 0 Å². The molecule has 6 heteroatoms. The molecular formula is C24H23Cl2NO2S. The maximum absolute atomic E-state index is 6.28. The quantitative estimate of drug-likeness (QED) is 0.173. The van der Waals surface area contributed by atoms with Crippen LogP contribution in [-0.4, -0.2) is 7.05 Å². The van der Waals surface area contributed by atoms with E-state index >= 15 is 0 Å². The summed E-state index contributed by atoms with van der Waals surface area (Å²) >= 11 is 13.7. The van der Waals surface area contributed by atoms with Gasteiger partial charge in [0.25, 0.3) is 0 Å². The predicted octanol–water partition coefficient (Wildman–Crippen LogP) is 7.34. The lowest BCUT2D eigenvalue weighted by Gasteiger charge is -2.32. The number of rotatable bonds is 7. The van der Waals surface area contributed by atoms with Gasteiger partial charge in [0.05, 0.1) is 10.0 Å².